The summed E-state index contributed by atoms with van der Waals surface area (Å²) in [6.45, 7) is 6.21. The van der Waals surface area contributed by atoms with Crippen LogP contribution < -0.4 is 10.1 Å². The van der Waals surface area contributed by atoms with Gasteiger partial charge in [-0.3, -0.25) is 9.59 Å². The Kier molecular flexibility index (Phi) is 7.41. The van der Waals surface area contributed by atoms with Gasteiger partial charge in [0.25, 0.3) is 0 Å². The Morgan fingerprint density at radius 3 is 2.26 bits per heavy atom. The van der Waals surface area contributed by atoms with Crippen molar-refractivity contribution in [2.75, 3.05) is 7.11 Å². The zero-order chi connectivity index (χ0) is 19.8. The fourth-order valence-electron chi connectivity index (χ4n) is 2.84. The molecule has 2 amide bonds. The van der Waals surface area contributed by atoms with Crippen LogP contribution in [0.3, 0.4) is 0 Å². The van der Waals surface area contributed by atoms with Gasteiger partial charge in [0.15, 0.2) is 0 Å². The third-order valence-electron chi connectivity index (χ3n) is 4.47. The van der Waals surface area contributed by atoms with Crippen LogP contribution in [0.4, 0.5) is 0 Å². The van der Waals surface area contributed by atoms with Gasteiger partial charge in [0.2, 0.25) is 11.8 Å². The number of hydrogen-bond acceptors (Lipinski definition) is 3. The van der Waals surface area contributed by atoms with Gasteiger partial charge in [0.05, 0.1) is 7.11 Å². The monoisotopic (exact) mass is 368 g/mol. The van der Waals surface area contributed by atoms with Crippen LogP contribution >= 0.6 is 0 Å². The lowest BCUT2D eigenvalue weighted by Gasteiger charge is -2.30. The molecule has 0 fully saturated rings. The molecule has 0 aliphatic carbocycles. The summed E-state index contributed by atoms with van der Waals surface area (Å²) in [6, 6.07) is 16.7. The van der Waals surface area contributed by atoms with Gasteiger partial charge in [0, 0.05) is 24.6 Å². The first-order valence-corrected chi connectivity index (χ1v) is 9.18. The lowest BCUT2D eigenvalue weighted by Crippen LogP contribution is -2.48. The van der Waals surface area contributed by atoms with E-state index in [1.807, 2.05) is 68.4 Å². The van der Waals surface area contributed by atoms with Crippen molar-refractivity contribution in [1.82, 2.24) is 10.2 Å². The molecule has 2 rings (SSSR count). The summed E-state index contributed by atoms with van der Waals surface area (Å²) in [6.07, 6.45) is 0. The Morgan fingerprint density at radius 1 is 1.00 bits per heavy atom. The van der Waals surface area contributed by atoms with Crippen LogP contribution in [0.1, 0.15) is 31.9 Å². The average molecular weight is 368 g/mol. The topological polar surface area (TPSA) is 58.6 Å². The van der Waals surface area contributed by atoms with Gasteiger partial charge in [-0.05, 0) is 18.6 Å². The minimum atomic E-state index is -0.574. The molecule has 0 unspecified atom stereocenters. The number of carbonyl (C=O) groups is 2. The Labute approximate surface area is 161 Å². The zero-order valence-corrected chi connectivity index (χ0v) is 16.4. The van der Waals surface area contributed by atoms with Crippen molar-refractivity contribution in [2.45, 2.75) is 39.9 Å². The SMILES string of the molecule is COc1ccccc1CNC(=O)[C@H](C)N(Cc1ccccc1)C(=O)C(C)C. The standard InChI is InChI=1S/C22H28N2O3/c1-16(2)22(26)24(15-18-10-6-5-7-11-18)17(3)21(25)23-14-19-12-8-9-13-20(19)27-4/h5-13,16-17H,14-15H2,1-4H3,(H,23,25)/t17-/m0/s1. The minimum absolute atomic E-state index is 0.0428. The molecule has 1 N–H and O–H groups in total. The van der Waals surface area contributed by atoms with E-state index in [-0.39, 0.29) is 17.7 Å². The molecule has 5 heteroatoms. The highest BCUT2D eigenvalue weighted by molar-refractivity contribution is 5.88. The van der Waals surface area contributed by atoms with Gasteiger partial charge < -0.3 is 15.0 Å². The Balaban J connectivity index is 2.10. The number of nitrogens with zero attached hydrogens (tertiary/aromatic N) is 1. The predicted octanol–water partition coefficient (Wildman–Crippen LogP) is 3.38. The van der Waals surface area contributed by atoms with Crippen LogP contribution in [0.25, 0.3) is 0 Å². The van der Waals surface area contributed by atoms with Crippen molar-refractivity contribution < 1.29 is 14.3 Å². The molecule has 0 aliphatic rings. The zero-order valence-electron chi connectivity index (χ0n) is 16.4. The quantitative estimate of drug-likeness (QED) is 0.777. The number of carbonyl (C=O) groups excluding carboxylic acids is 2. The van der Waals surface area contributed by atoms with E-state index in [9.17, 15) is 9.59 Å². The van der Waals surface area contributed by atoms with Gasteiger partial charge in [-0.1, -0.05) is 62.4 Å². The van der Waals surface area contributed by atoms with Gasteiger partial charge in [-0.15, -0.1) is 0 Å². The summed E-state index contributed by atoms with van der Waals surface area (Å²) >= 11 is 0. The summed E-state index contributed by atoms with van der Waals surface area (Å²) in [5.41, 5.74) is 1.89. The second-order valence-electron chi connectivity index (χ2n) is 6.81. The molecule has 0 saturated heterocycles. The maximum absolute atomic E-state index is 12.7. The van der Waals surface area contributed by atoms with Crippen molar-refractivity contribution in [3.8, 4) is 5.75 Å². The first-order valence-electron chi connectivity index (χ1n) is 9.18. The maximum atomic E-state index is 12.7. The minimum Gasteiger partial charge on any atom is -0.496 e. The summed E-state index contributed by atoms with van der Waals surface area (Å²) in [5, 5.41) is 2.92. The number of rotatable bonds is 8. The maximum Gasteiger partial charge on any atom is 0.242 e. The number of methoxy groups -OCH3 is 1. The number of benzene rings is 2. The average Bonchev–Trinajstić information content (AvgIpc) is 2.70. The van der Waals surface area contributed by atoms with Crippen molar-refractivity contribution in [3.05, 3.63) is 65.7 Å². The van der Waals surface area contributed by atoms with Crippen LogP contribution in [-0.4, -0.2) is 29.9 Å². The molecule has 1 atom stereocenters. The van der Waals surface area contributed by atoms with Gasteiger partial charge >= 0.3 is 0 Å². The predicted molar refractivity (Wildman–Crippen MR) is 106 cm³/mol. The molecule has 0 aromatic heterocycles. The van der Waals surface area contributed by atoms with E-state index in [0.717, 1.165) is 16.9 Å². The van der Waals surface area contributed by atoms with Gasteiger partial charge in [-0.25, -0.2) is 0 Å². The third kappa shape index (κ3) is 5.58. The van der Waals surface area contributed by atoms with E-state index in [1.54, 1.807) is 18.9 Å². The second kappa shape index (κ2) is 9.76. The largest absolute Gasteiger partial charge is 0.496 e. The molecule has 0 radical (unpaired) electrons. The highest BCUT2D eigenvalue weighted by atomic mass is 16.5. The summed E-state index contributed by atoms with van der Waals surface area (Å²) in [4.78, 5) is 27.1. The van der Waals surface area contributed by atoms with Crippen LogP contribution in [0, 0.1) is 5.92 Å². The smallest absolute Gasteiger partial charge is 0.242 e. The van der Waals surface area contributed by atoms with Crippen molar-refractivity contribution in [3.63, 3.8) is 0 Å². The first kappa shape index (κ1) is 20.5. The summed E-state index contributed by atoms with van der Waals surface area (Å²) in [5.74, 6) is 0.313. The molecule has 27 heavy (non-hydrogen) atoms. The first-order chi connectivity index (χ1) is 12.9. The molecule has 2 aromatic carbocycles. The molecule has 5 nitrogen and oxygen atoms in total. The molecule has 144 valence electrons. The molecule has 0 aliphatic heterocycles. The van der Waals surface area contributed by atoms with E-state index in [4.69, 9.17) is 4.74 Å². The van der Waals surface area contributed by atoms with E-state index >= 15 is 0 Å². The van der Waals surface area contributed by atoms with Crippen LogP contribution in [0.5, 0.6) is 5.75 Å². The Morgan fingerprint density at radius 2 is 1.63 bits per heavy atom. The molecule has 0 spiro atoms. The normalized spacial score (nSPS) is 11.7. The van der Waals surface area contributed by atoms with E-state index in [1.165, 1.54) is 0 Å². The highest BCUT2D eigenvalue weighted by Gasteiger charge is 2.27. The number of amides is 2. The molecule has 0 heterocycles. The van der Waals surface area contributed by atoms with Crippen LogP contribution in [-0.2, 0) is 22.7 Å². The molecular formula is C22H28N2O3. The summed E-state index contributed by atoms with van der Waals surface area (Å²) in [7, 11) is 1.60. The number of nitrogens with one attached hydrogen (secondary N) is 1. The molecule has 0 saturated carbocycles. The summed E-state index contributed by atoms with van der Waals surface area (Å²) < 4.78 is 5.32. The van der Waals surface area contributed by atoms with Crippen LogP contribution in [0.15, 0.2) is 54.6 Å². The van der Waals surface area contributed by atoms with Crippen LogP contribution in [0.2, 0.25) is 0 Å². The van der Waals surface area contributed by atoms with Crippen molar-refractivity contribution in [2.24, 2.45) is 5.92 Å². The fourth-order valence-corrected chi connectivity index (χ4v) is 2.84. The molecular weight excluding hydrogens is 340 g/mol. The Bertz CT molecular complexity index is 759. The van der Waals surface area contributed by atoms with Gasteiger partial charge in [-0.2, -0.15) is 0 Å². The Hall–Kier alpha value is -2.82. The van der Waals surface area contributed by atoms with Crippen molar-refractivity contribution >= 4 is 11.8 Å². The second-order valence-corrected chi connectivity index (χ2v) is 6.81. The highest BCUT2D eigenvalue weighted by Crippen LogP contribution is 2.17. The van der Waals surface area contributed by atoms with Gasteiger partial charge in [0.1, 0.15) is 11.8 Å². The number of ether oxygens (including phenoxy) is 1. The lowest BCUT2D eigenvalue weighted by molar-refractivity contribution is -0.143. The van der Waals surface area contributed by atoms with Crippen molar-refractivity contribution in [1.29, 1.82) is 0 Å². The number of hydrogen-bond donors (Lipinski definition) is 1. The third-order valence-corrected chi connectivity index (χ3v) is 4.47. The van der Waals surface area contributed by atoms with E-state index < -0.39 is 6.04 Å². The fraction of sp³-hybridized carbons (Fsp3) is 0.364. The lowest BCUT2D eigenvalue weighted by atomic mass is 10.1. The van der Waals surface area contributed by atoms with E-state index in [0.29, 0.717) is 13.1 Å². The molecule has 0 bridgehead atoms. The molecule has 2 aromatic rings. The van der Waals surface area contributed by atoms with E-state index in [2.05, 4.69) is 5.32 Å². The number of para-hydroxylation sites is 1.